The molecule has 0 spiro atoms. The van der Waals surface area contributed by atoms with E-state index in [2.05, 4.69) is 34.0 Å². The monoisotopic (exact) mass is 388 g/mol. The van der Waals surface area contributed by atoms with Crippen molar-refractivity contribution in [2.45, 2.75) is 20.0 Å². The molecule has 0 bridgehead atoms. The first-order chi connectivity index (χ1) is 13.7. The minimum absolute atomic E-state index is 0.0382. The van der Waals surface area contributed by atoms with Crippen LogP contribution in [0.25, 0.3) is 11.4 Å². The van der Waals surface area contributed by atoms with E-state index >= 15 is 0 Å². The van der Waals surface area contributed by atoms with Crippen LogP contribution in [-0.4, -0.2) is 25.8 Å². The summed E-state index contributed by atoms with van der Waals surface area (Å²) in [4.78, 5) is 29.6. The lowest BCUT2D eigenvalue weighted by molar-refractivity contribution is 0.0730. The predicted octanol–water partition coefficient (Wildman–Crippen LogP) is 4.68. The van der Waals surface area contributed by atoms with Crippen molar-refractivity contribution < 1.29 is 4.79 Å². The van der Waals surface area contributed by atoms with E-state index in [1.807, 2.05) is 47.4 Å². The van der Waals surface area contributed by atoms with Crippen molar-refractivity contribution in [1.82, 2.24) is 19.9 Å². The normalized spacial score (nSPS) is 10.8. The molecule has 1 aromatic carbocycles. The Bertz CT molecular complexity index is 1060. The van der Waals surface area contributed by atoms with E-state index in [0.717, 1.165) is 16.1 Å². The second-order valence-electron chi connectivity index (χ2n) is 6.48. The molecule has 140 valence electrons. The van der Waals surface area contributed by atoms with E-state index in [0.29, 0.717) is 24.5 Å². The lowest BCUT2D eigenvalue weighted by Crippen LogP contribution is -2.30. The van der Waals surface area contributed by atoms with Gasteiger partial charge in [-0.05, 0) is 37.3 Å². The van der Waals surface area contributed by atoms with Gasteiger partial charge in [-0.3, -0.25) is 9.78 Å². The number of carbonyl (C=O) groups excluding carboxylic acids is 1. The molecule has 4 aromatic rings. The number of benzene rings is 1. The molecule has 0 saturated heterocycles. The molecule has 0 unspecified atom stereocenters. The van der Waals surface area contributed by atoms with Gasteiger partial charge < -0.3 is 9.88 Å². The molecule has 3 heterocycles. The second kappa shape index (κ2) is 8.19. The minimum atomic E-state index is -0.0382. The second-order valence-corrected chi connectivity index (χ2v) is 7.85. The zero-order chi connectivity index (χ0) is 19.3. The summed E-state index contributed by atoms with van der Waals surface area (Å²) < 4.78 is 0. The number of amides is 1. The third-order valence-corrected chi connectivity index (χ3v) is 5.41. The summed E-state index contributed by atoms with van der Waals surface area (Å²) in [6, 6.07) is 17.5. The fraction of sp³-hybridized carbons (Fsp3) is 0.136. The number of carbonyl (C=O) groups is 1. The molecule has 0 aliphatic carbocycles. The van der Waals surface area contributed by atoms with E-state index in [9.17, 15) is 4.79 Å². The number of rotatable bonds is 6. The summed E-state index contributed by atoms with van der Waals surface area (Å²) in [6.07, 6.45) is 5.21. The number of H-pyrrole nitrogens is 1. The number of nitrogens with zero attached hydrogens (tertiary/aromatic N) is 3. The molecule has 0 aliphatic heterocycles. The lowest BCUT2D eigenvalue weighted by Gasteiger charge is -2.23. The molecule has 0 saturated carbocycles. The molecule has 5 nitrogen and oxygen atoms in total. The molecule has 1 amide bonds. The summed E-state index contributed by atoms with van der Waals surface area (Å²) in [5.41, 5.74) is 2.28. The predicted molar refractivity (Wildman–Crippen MR) is 111 cm³/mol. The first-order valence-corrected chi connectivity index (χ1v) is 9.85. The molecule has 0 radical (unpaired) electrons. The zero-order valence-electron chi connectivity index (χ0n) is 15.5. The van der Waals surface area contributed by atoms with Crippen molar-refractivity contribution in [3.63, 3.8) is 0 Å². The van der Waals surface area contributed by atoms with E-state index in [1.54, 1.807) is 29.9 Å². The quantitative estimate of drug-likeness (QED) is 0.521. The molecular formula is C22H20N4OS. The molecule has 3 aromatic heterocycles. The molecule has 0 fully saturated rings. The van der Waals surface area contributed by atoms with Gasteiger partial charge in [-0.1, -0.05) is 24.3 Å². The van der Waals surface area contributed by atoms with Gasteiger partial charge in [0.05, 0.1) is 24.3 Å². The van der Waals surface area contributed by atoms with Gasteiger partial charge in [0.2, 0.25) is 0 Å². The van der Waals surface area contributed by atoms with Gasteiger partial charge in [-0.2, -0.15) is 0 Å². The third-order valence-electron chi connectivity index (χ3n) is 4.42. The molecule has 1 N–H and O–H groups in total. The highest BCUT2D eigenvalue weighted by Gasteiger charge is 2.21. The number of pyridine rings is 1. The number of aryl methyl sites for hydroxylation is 1. The third kappa shape index (κ3) is 4.02. The van der Waals surface area contributed by atoms with Crippen molar-refractivity contribution in [3.8, 4) is 11.4 Å². The van der Waals surface area contributed by atoms with Gasteiger partial charge in [-0.25, -0.2) is 4.98 Å². The Kier molecular flexibility index (Phi) is 5.30. The highest BCUT2D eigenvalue weighted by molar-refractivity contribution is 7.11. The van der Waals surface area contributed by atoms with Crippen LogP contribution in [0.1, 0.15) is 25.8 Å². The number of aromatic amines is 1. The van der Waals surface area contributed by atoms with Crippen LogP contribution in [0.15, 0.2) is 73.2 Å². The van der Waals surface area contributed by atoms with Gasteiger partial charge in [0.25, 0.3) is 5.91 Å². The van der Waals surface area contributed by atoms with Gasteiger partial charge in [0.15, 0.2) is 0 Å². The molecule has 6 heteroatoms. The van der Waals surface area contributed by atoms with Gasteiger partial charge in [0, 0.05) is 33.9 Å². The first-order valence-electron chi connectivity index (χ1n) is 9.04. The topological polar surface area (TPSA) is 61.9 Å². The van der Waals surface area contributed by atoms with Crippen molar-refractivity contribution in [1.29, 1.82) is 0 Å². The molecule has 4 rings (SSSR count). The van der Waals surface area contributed by atoms with Crippen LogP contribution >= 0.6 is 11.3 Å². The van der Waals surface area contributed by atoms with Crippen molar-refractivity contribution >= 4 is 17.2 Å². The molecule has 28 heavy (non-hydrogen) atoms. The Balaban J connectivity index is 1.69. The molecular weight excluding hydrogens is 368 g/mol. The Hall–Kier alpha value is -3.25. The maximum Gasteiger partial charge on any atom is 0.255 e. The highest BCUT2D eigenvalue weighted by atomic mass is 32.1. The maximum atomic E-state index is 13.5. The average Bonchev–Trinajstić information content (AvgIpc) is 3.40. The van der Waals surface area contributed by atoms with E-state index < -0.39 is 0 Å². The van der Waals surface area contributed by atoms with Gasteiger partial charge >= 0.3 is 0 Å². The summed E-state index contributed by atoms with van der Waals surface area (Å²) >= 11 is 1.71. The zero-order valence-corrected chi connectivity index (χ0v) is 16.3. The first kappa shape index (κ1) is 18.1. The number of nitrogens with one attached hydrogen (secondary N) is 1. The number of thiophene rings is 1. The Morgan fingerprint density at radius 1 is 1.00 bits per heavy atom. The summed E-state index contributed by atoms with van der Waals surface area (Å²) in [5, 5.41) is 0. The summed E-state index contributed by atoms with van der Waals surface area (Å²) in [5.74, 6) is 0.650. The van der Waals surface area contributed by atoms with Crippen LogP contribution in [0.2, 0.25) is 0 Å². The van der Waals surface area contributed by atoms with Crippen LogP contribution in [0.3, 0.4) is 0 Å². The standard InChI is InChI=1S/C22H20N4OS/c1-16-9-10-18(28-16)15-26(14-17-6-4-5-11-23-17)22(27)20-8-3-2-7-19(20)21-24-12-13-25-21/h2-13H,14-15H2,1H3,(H,24,25). The minimum Gasteiger partial charge on any atom is -0.345 e. The lowest BCUT2D eigenvalue weighted by atomic mass is 10.1. The van der Waals surface area contributed by atoms with Crippen molar-refractivity contribution in [2.24, 2.45) is 0 Å². The Morgan fingerprint density at radius 2 is 1.86 bits per heavy atom. The van der Waals surface area contributed by atoms with Crippen LogP contribution < -0.4 is 0 Å². The molecule has 0 aliphatic rings. The van der Waals surface area contributed by atoms with Gasteiger partial charge in [-0.15, -0.1) is 11.3 Å². The average molecular weight is 388 g/mol. The SMILES string of the molecule is Cc1ccc(CN(Cc2ccccn2)C(=O)c2ccccc2-c2ncc[nH]2)s1. The van der Waals surface area contributed by atoms with Crippen molar-refractivity contribution in [3.05, 3.63) is 94.2 Å². The van der Waals surface area contributed by atoms with Crippen LogP contribution in [0, 0.1) is 6.92 Å². The van der Waals surface area contributed by atoms with Crippen molar-refractivity contribution in [2.75, 3.05) is 0 Å². The Labute approximate surface area is 167 Å². The Morgan fingerprint density at radius 3 is 2.57 bits per heavy atom. The summed E-state index contributed by atoms with van der Waals surface area (Å²) in [6.45, 7) is 3.06. The van der Waals surface area contributed by atoms with E-state index in [-0.39, 0.29) is 5.91 Å². The van der Waals surface area contributed by atoms with E-state index in [1.165, 1.54) is 4.88 Å². The fourth-order valence-corrected chi connectivity index (χ4v) is 4.01. The van der Waals surface area contributed by atoms with Gasteiger partial charge in [0.1, 0.15) is 5.82 Å². The smallest absolute Gasteiger partial charge is 0.255 e. The molecule has 0 atom stereocenters. The fourth-order valence-electron chi connectivity index (χ4n) is 3.10. The maximum absolute atomic E-state index is 13.5. The number of aromatic nitrogens is 3. The number of hydrogen-bond acceptors (Lipinski definition) is 4. The van der Waals surface area contributed by atoms with Crippen LogP contribution in [-0.2, 0) is 13.1 Å². The number of hydrogen-bond donors (Lipinski definition) is 1. The largest absolute Gasteiger partial charge is 0.345 e. The summed E-state index contributed by atoms with van der Waals surface area (Å²) in [7, 11) is 0. The van der Waals surface area contributed by atoms with Crippen LogP contribution in [0.4, 0.5) is 0 Å². The van der Waals surface area contributed by atoms with E-state index in [4.69, 9.17) is 0 Å². The highest BCUT2D eigenvalue weighted by Crippen LogP contribution is 2.24. The van der Waals surface area contributed by atoms with Crippen LogP contribution in [0.5, 0.6) is 0 Å². The number of imidazole rings is 1.